The topological polar surface area (TPSA) is 196 Å². The van der Waals surface area contributed by atoms with Crippen LogP contribution in [0.3, 0.4) is 0 Å². The van der Waals surface area contributed by atoms with Crippen LogP contribution in [0.4, 0.5) is 23.0 Å². The van der Waals surface area contributed by atoms with E-state index in [0.717, 1.165) is 41.1 Å². The average Bonchev–Trinajstić information content (AvgIpc) is 3.65. The largest absolute Gasteiger partial charge is 0.474 e. The van der Waals surface area contributed by atoms with Crippen molar-refractivity contribution < 1.29 is 24.3 Å². The highest BCUT2D eigenvalue weighted by atomic mass is 32.1. The first-order valence-electron chi connectivity index (χ1n) is 17.6. The van der Waals surface area contributed by atoms with Gasteiger partial charge < -0.3 is 36.6 Å². The molecule has 14 nitrogen and oxygen atoms in total. The van der Waals surface area contributed by atoms with E-state index in [1.54, 1.807) is 35.3 Å². The zero-order chi connectivity index (χ0) is 36.7. The van der Waals surface area contributed by atoms with E-state index in [9.17, 15) is 19.2 Å². The first-order valence-corrected chi connectivity index (χ1v) is 18.4. The molecule has 4 aromatic rings. The number of carboxylic acids is 1. The van der Waals surface area contributed by atoms with Crippen molar-refractivity contribution in [1.82, 2.24) is 24.8 Å². The number of pyridine rings is 2. The summed E-state index contributed by atoms with van der Waals surface area (Å²) in [5, 5.41) is 18.2. The van der Waals surface area contributed by atoms with Gasteiger partial charge in [0.2, 0.25) is 0 Å². The van der Waals surface area contributed by atoms with E-state index < -0.39 is 23.7 Å². The second-order valence-corrected chi connectivity index (χ2v) is 15.5. The number of fused-ring (bicyclic) bond motifs is 2. The molecule has 1 aliphatic carbocycles. The summed E-state index contributed by atoms with van der Waals surface area (Å²) >= 11 is 1.78. The molecule has 272 valence electrons. The summed E-state index contributed by atoms with van der Waals surface area (Å²) in [7, 11) is 2.20. The van der Waals surface area contributed by atoms with Gasteiger partial charge in [-0.25, -0.2) is 19.7 Å². The van der Waals surface area contributed by atoms with Gasteiger partial charge in [-0.1, -0.05) is 13.0 Å². The van der Waals surface area contributed by atoms with Gasteiger partial charge in [-0.15, -0.1) is 11.3 Å². The standard InChI is InChI=1S/C37H43N9O5S/c1-19-4-6-29(21-5-7-30-28(13-21)44-35(52-30)26-12-23-17-45(3)18-27(23)26)46(16-19)36(49)33(47)42-25-11-22(31(38)40-14-25)8-9-39-32-20(2)10-24(15-41-32)43-34(48)37(50)51/h5,7,10-11,13-15,19,23,26-27,29H,4,6,8-9,12,16-18H2,1-3H3,(H2,38,40)(H,39,41)(H,42,47)(H,43,48)(H,50,51)/t19-,23?,26?,27?,29+/m0/s1. The second-order valence-electron chi connectivity index (χ2n) is 14.5. The Morgan fingerprint density at radius 2 is 1.77 bits per heavy atom. The molecule has 6 N–H and O–H groups in total. The van der Waals surface area contributed by atoms with Crippen molar-refractivity contribution in [2.24, 2.45) is 17.8 Å². The van der Waals surface area contributed by atoms with Gasteiger partial charge in [0.25, 0.3) is 0 Å². The maximum atomic E-state index is 13.8. The van der Waals surface area contributed by atoms with Crippen LogP contribution in [0.1, 0.15) is 59.8 Å². The molecule has 3 fully saturated rings. The molecule has 3 amide bonds. The Kier molecular flexibility index (Phi) is 9.81. The minimum absolute atomic E-state index is 0.230. The van der Waals surface area contributed by atoms with Crippen LogP contribution in [-0.2, 0) is 25.6 Å². The number of nitrogen functional groups attached to an aromatic ring is 1. The molecule has 0 spiro atoms. The lowest BCUT2D eigenvalue weighted by Crippen LogP contribution is -2.46. The Bertz CT molecular complexity index is 2050. The van der Waals surface area contributed by atoms with Gasteiger partial charge in [-0.05, 0) is 98.4 Å². The van der Waals surface area contributed by atoms with Gasteiger partial charge in [0.1, 0.15) is 11.6 Å². The molecule has 5 atom stereocenters. The molecule has 3 aromatic heterocycles. The molecule has 3 aliphatic rings. The Balaban J connectivity index is 0.990. The number of nitrogens with zero attached hydrogens (tertiary/aromatic N) is 5. The van der Waals surface area contributed by atoms with Crippen molar-refractivity contribution in [3.63, 3.8) is 0 Å². The number of aliphatic carboxylic acids is 1. The van der Waals surface area contributed by atoms with E-state index in [1.165, 1.54) is 30.4 Å². The van der Waals surface area contributed by atoms with Gasteiger partial charge in [-0.3, -0.25) is 14.4 Å². The summed E-state index contributed by atoms with van der Waals surface area (Å²) in [4.78, 5) is 67.2. The average molecular weight is 726 g/mol. The lowest BCUT2D eigenvalue weighted by Gasteiger charge is -2.38. The minimum atomic E-state index is -1.59. The summed E-state index contributed by atoms with van der Waals surface area (Å²) in [6, 6.07) is 9.40. The lowest BCUT2D eigenvalue weighted by atomic mass is 9.67. The minimum Gasteiger partial charge on any atom is -0.474 e. The van der Waals surface area contributed by atoms with Crippen molar-refractivity contribution in [2.75, 3.05) is 54.9 Å². The molecule has 0 radical (unpaired) electrons. The van der Waals surface area contributed by atoms with Gasteiger partial charge in [0.05, 0.1) is 45.0 Å². The van der Waals surface area contributed by atoms with Crippen molar-refractivity contribution in [1.29, 1.82) is 0 Å². The number of carbonyl (C=O) groups is 4. The number of aromatic nitrogens is 3. The van der Waals surface area contributed by atoms with E-state index >= 15 is 0 Å². The van der Waals surface area contributed by atoms with Crippen molar-refractivity contribution in [3.05, 3.63) is 64.4 Å². The monoisotopic (exact) mass is 725 g/mol. The SMILES string of the molecule is Cc1cc(NC(=O)C(=O)O)cnc1NCCc1cc(NC(=O)C(=O)N2C[C@@H](C)CC[C@@H]2c2ccc3sc(C4CC5CN(C)CC54)nc3c2)cnc1N. The number of anilines is 4. The number of amides is 3. The number of nitrogens with one attached hydrogen (secondary N) is 3. The van der Waals surface area contributed by atoms with Gasteiger partial charge in [-0.2, -0.15) is 0 Å². The smallest absolute Gasteiger partial charge is 0.394 e. The second kappa shape index (κ2) is 14.5. The van der Waals surface area contributed by atoms with Crippen molar-refractivity contribution in [2.45, 2.75) is 51.5 Å². The fourth-order valence-corrected chi connectivity index (χ4v) is 9.03. The molecule has 5 heterocycles. The predicted molar refractivity (Wildman–Crippen MR) is 199 cm³/mol. The molecule has 0 bridgehead atoms. The summed E-state index contributed by atoms with van der Waals surface area (Å²) in [5.74, 6) is -0.967. The van der Waals surface area contributed by atoms with Crippen LogP contribution in [0.5, 0.6) is 0 Å². The van der Waals surface area contributed by atoms with Crippen LogP contribution in [0.15, 0.2) is 42.7 Å². The molecule has 2 aliphatic heterocycles. The Hall–Kier alpha value is -5.15. The molecule has 1 saturated carbocycles. The lowest BCUT2D eigenvalue weighted by molar-refractivity contribution is -0.147. The quantitative estimate of drug-likeness (QED) is 0.163. The number of hydrogen-bond donors (Lipinski definition) is 5. The third-order valence-electron chi connectivity index (χ3n) is 10.6. The molecule has 15 heteroatoms. The highest BCUT2D eigenvalue weighted by molar-refractivity contribution is 7.18. The highest BCUT2D eigenvalue weighted by Gasteiger charge is 2.47. The number of piperidine rings is 1. The van der Waals surface area contributed by atoms with E-state index in [1.807, 2.05) is 0 Å². The van der Waals surface area contributed by atoms with Gasteiger partial charge in [0.15, 0.2) is 0 Å². The normalized spacial score (nSPS) is 22.8. The molecule has 2 saturated heterocycles. The highest BCUT2D eigenvalue weighted by Crippen LogP contribution is 2.52. The third-order valence-corrected chi connectivity index (χ3v) is 11.8. The summed E-state index contributed by atoms with van der Waals surface area (Å²) in [5.41, 5.74) is 10.1. The first-order chi connectivity index (χ1) is 24.9. The summed E-state index contributed by atoms with van der Waals surface area (Å²) in [6.07, 6.45) is 6.14. The van der Waals surface area contributed by atoms with Crippen LogP contribution < -0.4 is 21.7 Å². The number of nitrogens with two attached hydrogens (primary N) is 1. The third kappa shape index (κ3) is 7.28. The molecule has 52 heavy (non-hydrogen) atoms. The number of hydrogen-bond acceptors (Lipinski definition) is 11. The fourth-order valence-electron chi connectivity index (χ4n) is 7.90. The number of likely N-dealkylation sites (tertiary alicyclic amines) is 2. The predicted octanol–water partition coefficient (Wildman–Crippen LogP) is 4.26. The molecule has 1 aromatic carbocycles. The van der Waals surface area contributed by atoms with Crippen LogP contribution in [0, 0.1) is 24.7 Å². The maximum absolute atomic E-state index is 13.8. The Labute approximate surface area is 305 Å². The van der Waals surface area contributed by atoms with Gasteiger partial charge in [0, 0.05) is 32.1 Å². The number of rotatable bonds is 8. The van der Waals surface area contributed by atoms with E-state index in [-0.39, 0.29) is 17.6 Å². The van der Waals surface area contributed by atoms with Crippen LogP contribution in [0.25, 0.3) is 10.2 Å². The number of benzene rings is 1. The molecule has 7 rings (SSSR count). The Morgan fingerprint density at radius 3 is 2.54 bits per heavy atom. The van der Waals surface area contributed by atoms with Crippen molar-refractivity contribution >= 4 is 68.3 Å². The number of thiazole rings is 1. The van der Waals surface area contributed by atoms with Crippen LogP contribution in [0.2, 0.25) is 0 Å². The first kappa shape index (κ1) is 35.3. The maximum Gasteiger partial charge on any atom is 0.394 e. The van der Waals surface area contributed by atoms with Crippen LogP contribution >= 0.6 is 11.3 Å². The zero-order valence-corrected chi connectivity index (χ0v) is 30.2. The summed E-state index contributed by atoms with van der Waals surface area (Å²) < 4.78 is 1.16. The van der Waals surface area contributed by atoms with E-state index in [4.69, 9.17) is 15.8 Å². The zero-order valence-electron chi connectivity index (χ0n) is 29.4. The molecule has 3 unspecified atom stereocenters. The molecular formula is C37H43N9O5S. The van der Waals surface area contributed by atoms with Crippen LogP contribution in [-0.4, -0.2) is 86.8 Å². The number of carbonyl (C=O) groups excluding carboxylic acids is 3. The molecular weight excluding hydrogens is 683 g/mol. The van der Waals surface area contributed by atoms with Crippen molar-refractivity contribution in [3.8, 4) is 0 Å². The summed E-state index contributed by atoms with van der Waals surface area (Å²) in [6.45, 7) is 7.08. The number of carboxylic acid groups (broad SMARTS) is 1. The van der Waals surface area contributed by atoms with E-state index in [0.29, 0.717) is 59.8 Å². The Morgan fingerprint density at radius 1 is 1.00 bits per heavy atom. The number of aryl methyl sites for hydroxylation is 1. The fraction of sp³-hybridized carbons (Fsp3) is 0.432. The van der Waals surface area contributed by atoms with Gasteiger partial charge >= 0.3 is 23.7 Å². The van der Waals surface area contributed by atoms with E-state index in [2.05, 4.69) is 63.0 Å².